The lowest BCUT2D eigenvalue weighted by Gasteiger charge is -2.51. The number of nitrogens with zero attached hydrogens (tertiary/aromatic N) is 2. The van der Waals surface area contributed by atoms with E-state index in [1.165, 1.54) is 120 Å². The first-order valence-electron chi connectivity index (χ1n) is 39.6. The number of anilines is 6. The van der Waals surface area contributed by atoms with Gasteiger partial charge in [-0.25, -0.2) is 0 Å². The van der Waals surface area contributed by atoms with Crippen LogP contribution in [0, 0.1) is 0 Å². The molecule has 0 spiro atoms. The summed E-state index contributed by atoms with van der Waals surface area (Å²) in [7, 11) is 0. The number of hydrogen-bond donors (Lipinski definition) is 0. The molecule has 26 rings (SSSR count). The lowest BCUT2D eigenvalue weighted by molar-refractivity contribution is 0.438. The lowest BCUT2D eigenvalue weighted by Crippen LogP contribution is -2.50. The van der Waals surface area contributed by atoms with E-state index in [4.69, 9.17) is 8.83 Å². The first-order valence-corrected chi connectivity index (χ1v) is 39.6. The van der Waals surface area contributed by atoms with Crippen molar-refractivity contribution in [1.29, 1.82) is 0 Å². The normalized spacial score (nSPS) is 15.3. The van der Waals surface area contributed by atoms with Gasteiger partial charge in [0.15, 0.2) is 11.2 Å². The summed E-state index contributed by atoms with van der Waals surface area (Å²) in [5.41, 5.74) is 19.1. The molecule has 0 bridgehead atoms. The van der Waals surface area contributed by atoms with E-state index in [0.29, 0.717) is 0 Å². The molecule has 0 saturated heterocycles. The Morgan fingerprint density at radius 1 is 0.175 bits per heavy atom. The molecule has 2 heterocycles. The summed E-state index contributed by atoms with van der Waals surface area (Å²) in [5.74, 6) is 0. The molecule has 24 aromatic rings. The van der Waals surface area contributed by atoms with Gasteiger partial charge in [-0.2, -0.15) is 0 Å². The molecule has 2 aromatic heterocycles. The Bertz CT molecular complexity index is 7760. The van der Waals surface area contributed by atoms with Gasteiger partial charge in [0.2, 0.25) is 0 Å². The zero-order valence-corrected chi connectivity index (χ0v) is 61.7. The van der Waals surface area contributed by atoms with Crippen molar-refractivity contribution >= 4 is 186 Å². The van der Waals surface area contributed by atoms with Gasteiger partial charge in [0.1, 0.15) is 11.2 Å². The average Bonchev–Trinajstić information content (AvgIpc) is 1.46. The van der Waals surface area contributed by atoms with Crippen LogP contribution < -0.4 is 9.80 Å². The predicted octanol–water partition coefficient (Wildman–Crippen LogP) is 30.2. The molecule has 2 unspecified atom stereocenters. The zero-order chi connectivity index (χ0) is 74.2. The fourth-order valence-electron chi connectivity index (χ4n) is 21.9. The number of hydrogen-bond acceptors (Lipinski definition) is 4. The van der Waals surface area contributed by atoms with Crippen molar-refractivity contribution in [1.82, 2.24) is 0 Å². The monoisotopic (exact) mass is 1440 g/mol. The van der Waals surface area contributed by atoms with Crippen LogP contribution >= 0.6 is 0 Å². The fourth-order valence-corrected chi connectivity index (χ4v) is 21.9. The number of fused-ring (bicyclic) bond motifs is 20. The molecule has 0 amide bonds. The van der Waals surface area contributed by atoms with Gasteiger partial charge in [-0.15, -0.1) is 0 Å². The Morgan fingerprint density at radius 2 is 0.482 bits per heavy atom. The molecule has 526 valence electrons. The molecule has 0 aliphatic heterocycles. The number of para-hydroxylation sites is 4. The van der Waals surface area contributed by atoms with Crippen molar-refractivity contribution in [2.45, 2.75) is 10.8 Å². The second-order valence-corrected chi connectivity index (χ2v) is 31.4. The molecule has 0 N–H and O–H groups in total. The van der Waals surface area contributed by atoms with Crippen LogP contribution in [-0.4, -0.2) is 0 Å². The minimum Gasteiger partial charge on any atom is -0.454 e. The molecule has 0 fully saturated rings. The van der Waals surface area contributed by atoms with E-state index in [9.17, 15) is 0 Å². The molecule has 2 aliphatic carbocycles. The van der Waals surface area contributed by atoms with Gasteiger partial charge in [-0.1, -0.05) is 340 Å². The first kappa shape index (κ1) is 62.0. The van der Waals surface area contributed by atoms with Gasteiger partial charge in [0, 0.05) is 43.1 Å². The van der Waals surface area contributed by atoms with Crippen LogP contribution in [0.25, 0.3) is 174 Å². The predicted molar refractivity (Wildman–Crippen MR) is 478 cm³/mol. The largest absolute Gasteiger partial charge is 0.454 e. The molecule has 2 atom stereocenters. The van der Waals surface area contributed by atoms with Gasteiger partial charge < -0.3 is 18.6 Å². The van der Waals surface area contributed by atoms with Crippen LogP contribution in [0.3, 0.4) is 0 Å². The van der Waals surface area contributed by atoms with Crippen molar-refractivity contribution in [3.05, 3.63) is 422 Å². The first-order chi connectivity index (χ1) is 56.6. The molecule has 22 aromatic carbocycles. The highest BCUT2D eigenvalue weighted by molar-refractivity contribution is 6.30. The minimum absolute atomic E-state index is 0.816. The summed E-state index contributed by atoms with van der Waals surface area (Å²) < 4.78 is 14.8. The van der Waals surface area contributed by atoms with E-state index >= 15 is 0 Å². The highest BCUT2D eigenvalue weighted by Gasteiger charge is 2.65. The molecular formula is C110H64N2O2. The Hall–Kier alpha value is -14.8. The highest BCUT2D eigenvalue weighted by Crippen LogP contribution is 2.74. The van der Waals surface area contributed by atoms with Crippen LogP contribution in [0.5, 0.6) is 0 Å². The van der Waals surface area contributed by atoms with E-state index in [1.54, 1.807) is 0 Å². The van der Waals surface area contributed by atoms with Gasteiger partial charge in [0.05, 0.1) is 45.0 Å². The number of furan rings is 2. The van der Waals surface area contributed by atoms with E-state index in [1.807, 2.05) is 0 Å². The summed E-state index contributed by atoms with van der Waals surface area (Å²) >= 11 is 0. The maximum absolute atomic E-state index is 7.39. The van der Waals surface area contributed by atoms with Gasteiger partial charge in [-0.05, 0) is 190 Å². The van der Waals surface area contributed by atoms with Crippen LogP contribution in [0.15, 0.2) is 397 Å². The third-order valence-corrected chi connectivity index (χ3v) is 26.2. The quantitative estimate of drug-likeness (QED) is 0.135. The van der Waals surface area contributed by atoms with Gasteiger partial charge in [0.25, 0.3) is 0 Å². The molecule has 0 saturated carbocycles. The van der Waals surface area contributed by atoms with Crippen molar-refractivity contribution in [3.8, 4) is 22.3 Å². The van der Waals surface area contributed by atoms with E-state index in [0.717, 1.165) is 121 Å². The molecule has 114 heavy (non-hydrogen) atoms. The molecule has 2 aliphatic rings. The topological polar surface area (TPSA) is 32.8 Å². The highest BCUT2D eigenvalue weighted by atomic mass is 16.3. The van der Waals surface area contributed by atoms with Crippen molar-refractivity contribution in [2.24, 2.45) is 0 Å². The fraction of sp³-hybridized carbons (Fsp3) is 0.0182. The van der Waals surface area contributed by atoms with E-state index in [2.05, 4.69) is 398 Å². The Labute approximate surface area is 654 Å². The zero-order valence-electron chi connectivity index (χ0n) is 61.7. The smallest absolute Gasteiger partial charge is 0.159 e. The third kappa shape index (κ3) is 7.95. The average molecular weight is 1450 g/mol. The van der Waals surface area contributed by atoms with Crippen LogP contribution in [-0.2, 0) is 10.8 Å². The van der Waals surface area contributed by atoms with Crippen molar-refractivity contribution in [2.75, 3.05) is 9.80 Å². The van der Waals surface area contributed by atoms with Crippen molar-refractivity contribution < 1.29 is 8.83 Å². The maximum Gasteiger partial charge on any atom is 0.159 e. The SMILES string of the molecule is c1ccc(C2(C3(c4ccccc4)c4ccc5ccccc5c4-c4c3cc(N(c3ccc5ccc6cccc7ccc3c5c67)c3cccc5c3oc3ccccc35)c3ccccc43)c3ccc4ccccc4c3-c3c2cc(N(c2ccc4ccc5cccc6ccc2c4c56)c2cccc4c2oc2ccccc24)c2ccccc32)cc1. The second-order valence-electron chi connectivity index (χ2n) is 31.4. The summed E-state index contributed by atoms with van der Waals surface area (Å²) in [5, 5.41) is 28.1. The maximum atomic E-state index is 7.39. The van der Waals surface area contributed by atoms with Crippen LogP contribution in [0.1, 0.15) is 33.4 Å². The van der Waals surface area contributed by atoms with Crippen LogP contribution in [0.4, 0.5) is 34.1 Å². The third-order valence-electron chi connectivity index (χ3n) is 26.2. The Kier molecular flexibility index (Phi) is 12.4. The number of rotatable bonds is 9. The standard InChI is InChI=1S/C110H64N2O2/c1-3-29-73(30-4-1)109(87-59-53-65-23-7-9-33-75(65)103(87)105-81-39-13-11-35-77(81)95(63-89(105)109)111(93-43-21-41-83-79-37-15-17-45-97(79)113-107(83)93)91-61-55-71-49-47-67-25-19-27-69-51-57-85(91)101(71)99(67)69)110(74-31-5-2-6-32-74)88-60-54-66-24-8-10-34-76(66)104(88)106-82-40-14-12-36-78(82)96(64-90(106)110)112(94-44-22-42-84-80-38-16-18-46-98(80)114-108(84)94)92-62-56-72-50-48-68-26-20-28-70-52-58-86(92)102(72)100(68)70/h1-64H. The summed E-state index contributed by atoms with van der Waals surface area (Å²) in [6, 6.07) is 148. The molecule has 4 nitrogen and oxygen atoms in total. The summed E-state index contributed by atoms with van der Waals surface area (Å²) in [6.45, 7) is 0. The minimum atomic E-state index is -1.15. The molecule has 0 radical (unpaired) electrons. The Morgan fingerprint density at radius 3 is 0.912 bits per heavy atom. The van der Waals surface area contributed by atoms with E-state index in [-0.39, 0.29) is 0 Å². The number of benzene rings is 22. The van der Waals surface area contributed by atoms with Crippen molar-refractivity contribution in [3.63, 3.8) is 0 Å². The summed E-state index contributed by atoms with van der Waals surface area (Å²) in [6.07, 6.45) is 0. The van der Waals surface area contributed by atoms with Gasteiger partial charge in [-0.3, -0.25) is 0 Å². The van der Waals surface area contributed by atoms with Gasteiger partial charge >= 0.3 is 0 Å². The molecular weight excluding hydrogens is 1380 g/mol. The molecule has 4 heteroatoms. The van der Waals surface area contributed by atoms with Crippen LogP contribution in [0.2, 0.25) is 0 Å². The lowest BCUT2D eigenvalue weighted by atomic mass is 9.49. The van der Waals surface area contributed by atoms with E-state index < -0.39 is 10.8 Å². The Balaban J connectivity index is 0.876. The second kappa shape index (κ2) is 22.9. The summed E-state index contributed by atoms with van der Waals surface area (Å²) in [4.78, 5) is 5.18.